The summed E-state index contributed by atoms with van der Waals surface area (Å²) in [6.45, 7) is 6.92. The maximum absolute atomic E-state index is 12.8. The number of hydrogen-bond acceptors (Lipinski definition) is 5. The fourth-order valence-electron chi connectivity index (χ4n) is 3.06. The monoisotopic (exact) mass is 393 g/mol. The van der Waals surface area contributed by atoms with E-state index in [-0.39, 0.29) is 5.91 Å². The summed E-state index contributed by atoms with van der Waals surface area (Å²) in [7, 11) is 0. The van der Waals surface area contributed by atoms with Crippen molar-refractivity contribution in [1.82, 2.24) is 10.3 Å². The van der Waals surface area contributed by atoms with Crippen LogP contribution in [0, 0.1) is 0 Å². The molecule has 3 aromatic rings. The summed E-state index contributed by atoms with van der Waals surface area (Å²) in [6, 6.07) is 13.4. The van der Waals surface area contributed by atoms with Crippen LogP contribution in [0.4, 0.5) is 5.82 Å². The fraction of sp³-hybridized carbons (Fsp3) is 0.348. The van der Waals surface area contributed by atoms with Gasteiger partial charge in [0.2, 0.25) is 5.82 Å². The van der Waals surface area contributed by atoms with E-state index in [1.165, 1.54) is 5.56 Å². The van der Waals surface area contributed by atoms with Gasteiger partial charge in [0.1, 0.15) is 5.75 Å². The molecule has 0 aliphatic heterocycles. The predicted octanol–water partition coefficient (Wildman–Crippen LogP) is 5.29. The van der Waals surface area contributed by atoms with Gasteiger partial charge >= 0.3 is 0 Å². The predicted molar refractivity (Wildman–Crippen MR) is 113 cm³/mol. The van der Waals surface area contributed by atoms with Crippen LogP contribution in [-0.2, 0) is 12.8 Å². The van der Waals surface area contributed by atoms with Gasteiger partial charge < -0.3 is 10.1 Å². The summed E-state index contributed by atoms with van der Waals surface area (Å²) >= 11 is 0. The molecule has 1 aromatic heterocycles. The molecule has 1 N–H and O–H groups in total. The number of carbonyl (C=O) groups is 1. The lowest BCUT2D eigenvalue weighted by Gasteiger charge is -2.10. The summed E-state index contributed by atoms with van der Waals surface area (Å²) in [4.78, 5) is 12.8. The van der Waals surface area contributed by atoms with Gasteiger partial charge in [0.05, 0.1) is 6.61 Å². The number of nitrogens with zero attached hydrogens (tertiary/aromatic N) is 2. The Balaban J connectivity index is 1.82. The second kappa shape index (κ2) is 9.87. The van der Waals surface area contributed by atoms with Crippen LogP contribution in [-0.4, -0.2) is 22.8 Å². The van der Waals surface area contributed by atoms with Crippen LogP contribution >= 0.6 is 0 Å². The molecular formula is C23H27N3O3. The molecule has 0 saturated heterocycles. The van der Waals surface area contributed by atoms with Gasteiger partial charge in [-0.2, -0.15) is 0 Å². The number of amides is 1. The number of aromatic nitrogens is 2. The molecule has 0 aliphatic rings. The van der Waals surface area contributed by atoms with Crippen LogP contribution in [0.2, 0.25) is 0 Å². The Morgan fingerprint density at radius 1 is 1.07 bits per heavy atom. The molecule has 2 aromatic carbocycles. The van der Waals surface area contributed by atoms with Crippen molar-refractivity contribution < 1.29 is 14.2 Å². The van der Waals surface area contributed by atoms with Crippen LogP contribution in [0.1, 0.15) is 55.1 Å². The molecule has 6 nitrogen and oxygen atoms in total. The maximum Gasteiger partial charge on any atom is 0.257 e. The standard InChI is InChI=1S/C23H27N3O3/c1-4-7-13-28-19-10-8-9-18(15-19)23(27)24-22-21(25-29-26-22)20-14-16(5-2)11-12-17(20)6-3/h8-12,14-15H,4-7,13H2,1-3H3,(H,24,26,27). The summed E-state index contributed by atoms with van der Waals surface area (Å²) in [6.07, 6.45) is 3.79. The highest BCUT2D eigenvalue weighted by Gasteiger charge is 2.19. The largest absolute Gasteiger partial charge is 0.494 e. The minimum atomic E-state index is -0.285. The summed E-state index contributed by atoms with van der Waals surface area (Å²) in [5.74, 6) is 0.705. The van der Waals surface area contributed by atoms with Gasteiger partial charge in [0.15, 0.2) is 5.69 Å². The lowest BCUT2D eigenvalue weighted by atomic mass is 9.98. The van der Waals surface area contributed by atoms with E-state index in [0.717, 1.165) is 36.8 Å². The molecule has 6 heteroatoms. The number of anilines is 1. The number of rotatable bonds is 9. The van der Waals surface area contributed by atoms with Crippen LogP contribution in [0.15, 0.2) is 47.1 Å². The average molecular weight is 393 g/mol. The zero-order valence-electron chi connectivity index (χ0n) is 17.2. The highest BCUT2D eigenvalue weighted by Crippen LogP contribution is 2.30. The normalized spacial score (nSPS) is 10.7. The van der Waals surface area contributed by atoms with E-state index in [9.17, 15) is 4.79 Å². The number of aryl methyl sites for hydroxylation is 2. The minimum Gasteiger partial charge on any atom is -0.494 e. The SMILES string of the molecule is CCCCOc1cccc(C(=O)Nc2nonc2-c2cc(CC)ccc2CC)c1. The van der Waals surface area contributed by atoms with E-state index < -0.39 is 0 Å². The summed E-state index contributed by atoms with van der Waals surface area (Å²) < 4.78 is 10.7. The second-order valence-electron chi connectivity index (χ2n) is 6.84. The Kier molecular flexibility index (Phi) is 7.00. The first-order valence-corrected chi connectivity index (χ1v) is 10.1. The van der Waals surface area contributed by atoms with Gasteiger partial charge in [-0.1, -0.05) is 45.4 Å². The topological polar surface area (TPSA) is 77.2 Å². The van der Waals surface area contributed by atoms with Crippen molar-refractivity contribution in [3.05, 3.63) is 59.2 Å². The quantitative estimate of drug-likeness (QED) is 0.500. The fourth-order valence-corrected chi connectivity index (χ4v) is 3.06. The van der Waals surface area contributed by atoms with Gasteiger partial charge in [0, 0.05) is 11.1 Å². The molecule has 0 saturated carbocycles. The first kappa shape index (κ1) is 20.6. The third-order valence-electron chi connectivity index (χ3n) is 4.80. The van der Waals surface area contributed by atoms with Crippen molar-refractivity contribution >= 4 is 11.7 Å². The first-order chi connectivity index (χ1) is 14.2. The van der Waals surface area contributed by atoms with Crippen molar-refractivity contribution in [3.8, 4) is 17.0 Å². The average Bonchev–Trinajstić information content (AvgIpc) is 3.21. The maximum atomic E-state index is 12.8. The number of nitrogens with one attached hydrogen (secondary N) is 1. The molecule has 152 valence electrons. The Hall–Kier alpha value is -3.15. The van der Waals surface area contributed by atoms with Gasteiger partial charge in [-0.3, -0.25) is 4.79 Å². The van der Waals surface area contributed by atoms with Crippen molar-refractivity contribution in [2.75, 3.05) is 11.9 Å². The van der Waals surface area contributed by atoms with Gasteiger partial charge in [-0.25, -0.2) is 4.63 Å². The molecular weight excluding hydrogens is 366 g/mol. The van der Waals surface area contributed by atoms with E-state index in [0.29, 0.717) is 29.4 Å². The third kappa shape index (κ3) is 5.02. The number of carbonyl (C=O) groups excluding carboxylic acids is 1. The molecule has 0 spiro atoms. The molecule has 0 bridgehead atoms. The molecule has 0 atom stereocenters. The van der Waals surface area contributed by atoms with E-state index in [4.69, 9.17) is 9.37 Å². The number of benzene rings is 2. The minimum absolute atomic E-state index is 0.285. The summed E-state index contributed by atoms with van der Waals surface area (Å²) in [5, 5.41) is 10.8. The van der Waals surface area contributed by atoms with Crippen molar-refractivity contribution in [1.29, 1.82) is 0 Å². The lowest BCUT2D eigenvalue weighted by molar-refractivity contribution is 0.102. The first-order valence-electron chi connectivity index (χ1n) is 10.1. The molecule has 3 rings (SSSR count). The lowest BCUT2D eigenvalue weighted by Crippen LogP contribution is -2.13. The second-order valence-corrected chi connectivity index (χ2v) is 6.84. The molecule has 0 radical (unpaired) electrons. The Labute approximate surface area is 171 Å². The molecule has 0 unspecified atom stereocenters. The van der Waals surface area contributed by atoms with Crippen molar-refractivity contribution in [2.24, 2.45) is 0 Å². The van der Waals surface area contributed by atoms with Crippen LogP contribution in [0.25, 0.3) is 11.3 Å². The summed E-state index contributed by atoms with van der Waals surface area (Å²) in [5.41, 5.74) is 4.28. The van der Waals surface area contributed by atoms with E-state index in [1.807, 2.05) is 6.07 Å². The van der Waals surface area contributed by atoms with Gasteiger partial charge in [-0.15, -0.1) is 0 Å². The molecule has 1 amide bonds. The Morgan fingerprint density at radius 2 is 1.93 bits per heavy atom. The van der Waals surface area contributed by atoms with Crippen molar-refractivity contribution in [2.45, 2.75) is 46.5 Å². The molecule has 29 heavy (non-hydrogen) atoms. The molecule has 0 aliphatic carbocycles. The molecule has 1 heterocycles. The van der Waals surface area contributed by atoms with Gasteiger partial charge in [0.25, 0.3) is 5.91 Å². The zero-order valence-corrected chi connectivity index (χ0v) is 17.2. The third-order valence-corrected chi connectivity index (χ3v) is 4.80. The zero-order chi connectivity index (χ0) is 20.6. The van der Waals surface area contributed by atoms with E-state index >= 15 is 0 Å². The highest BCUT2D eigenvalue weighted by molar-refractivity contribution is 6.05. The van der Waals surface area contributed by atoms with Crippen LogP contribution < -0.4 is 10.1 Å². The van der Waals surface area contributed by atoms with E-state index in [1.54, 1.807) is 18.2 Å². The molecule has 0 fully saturated rings. The van der Waals surface area contributed by atoms with Crippen LogP contribution in [0.5, 0.6) is 5.75 Å². The Bertz CT molecular complexity index is 966. The highest BCUT2D eigenvalue weighted by atomic mass is 16.6. The van der Waals surface area contributed by atoms with E-state index in [2.05, 4.69) is 54.6 Å². The van der Waals surface area contributed by atoms with Crippen molar-refractivity contribution in [3.63, 3.8) is 0 Å². The smallest absolute Gasteiger partial charge is 0.257 e. The number of ether oxygens (including phenoxy) is 1. The number of hydrogen-bond donors (Lipinski definition) is 1. The van der Waals surface area contributed by atoms with Crippen LogP contribution in [0.3, 0.4) is 0 Å². The number of unbranched alkanes of at least 4 members (excludes halogenated alkanes) is 1. The Morgan fingerprint density at radius 3 is 2.69 bits per heavy atom. The van der Waals surface area contributed by atoms with Gasteiger partial charge in [-0.05, 0) is 65.0 Å².